The molecule has 2 saturated heterocycles. The third-order valence-electron chi connectivity index (χ3n) is 7.06. The quantitative estimate of drug-likeness (QED) is 0.417. The second-order valence-electron chi connectivity index (χ2n) is 9.73. The lowest BCUT2D eigenvalue weighted by Gasteiger charge is -2.31. The summed E-state index contributed by atoms with van der Waals surface area (Å²) in [6.07, 6.45) is 1.27. The molecule has 0 bridgehead atoms. The highest BCUT2D eigenvalue weighted by atomic mass is 16.5. The van der Waals surface area contributed by atoms with Gasteiger partial charge in [0.1, 0.15) is 0 Å². The van der Waals surface area contributed by atoms with E-state index in [4.69, 9.17) is 4.74 Å². The number of piperidine rings is 1. The zero-order valence-corrected chi connectivity index (χ0v) is 21.6. The summed E-state index contributed by atoms with van der Waals surface area (Å²) in [5.41, 5.74) is 3.77. The van der Waals surface area contributed by atoms with Crippen molar-refractivity contribution in [2.45, 2.75) is 18.9 Å². The predicted molar refractivity (Wildman–Crippen MR) is 150 cm³/mol. The van der Waals surface area contributed by atoms with Crippen molar-refractivity contribution < 1.29 is 24.2 Å². The molecular weight excluding hydrogens is 496 g/mol. The van der Waals surface area contributed by atoms with Gasteiger partial charge in [0.05, 0.1) is 19.3 Å². The van der Waals surface area contributed by atoms with E-state index in [9.17, 15) is 19.5 Å². The van der Waals surface area contributed by atoms with Crippen LogP contribution in [0.2, 0.25) is 0 Å². The number of nitrogens with one attached hydrogen (secondary N) is 2. The molecule has 0 aromatic heterocycles. The SMILES string of the molecule is O=C(Nc1ccc(C(=O)c2ccc(NC(=O)N3CCOCC3)cc2)cc1)c1ccc(N2CCC(O)CC2)cc1. The van der Waals surface area contributed by atoms with Gasteiger partial charge in [-0.05, 0) is 85.6 Å². The lowest BCUT2D eigenvalue weighted by atomic mass is 10.0. The van der Waals surface area contributed by atoms with E-state index in [-0.39, 0.29) is 23.8 Å². The third kappa shape index (κ3) is 6.63. The summed E-state index contributed by atoms with van der Waals surface area (Å²) in [6.45, 7) is 3.76. The smallest absolute Gasteiger partial charge is 0.321 e. The largest absolute Gasteiger partial charge is 0.393 e. The van der Waals surface area contributed by atoms with Gasteiger partial charge >= 0.3 is 6.03 Å². The van der Waals surface area contributed by atoms with Gasteiger partial charge in [-0.25, -0.2) is 4.79 Å². The summed E-state index contributed by atoms with van der Waals surface area (Å²) < 4.78 is 5.27. The molecule has 0 aliphatic carbocycles. The number of amides is 3. The molecule has 3 N–H and O–H groups in total. The van der Waals surface area contributed by atoms with Crippen LogP contribution in [-0.4, -0.2) is 73.2 Å². The summed E-state index contributed by atoms with van der Waals surface area (Å²) in [5.74, 6) is -0.385. The molecule has 0 atom stereocenters. The normalized spacial score (nSPS) is 16.0. The van der Waals surface area contributed by atoms with Crippen LogP contribution in [-0.2, 0) is 4.74 Å². The number of aliphatic hydroxyl groups is 1. The van der Waals surface area contributed by atoms with Gasteiger partial charge in [-0.2, -0.15) is 0 Å². The Morgan fingerprint density at radius 2 is 1.21 bits per heavy atom. The van der Waals surface area contributed by atoms with E-state index in [2.05, 4.69) is 15.5 Å². The number of ether oxygens (including phenoxy) is 1. The van der Waals surface area contributed by atoms with E-state index in [1.165, 1.54) is 0 Å². The molecule has 0 saturated carbocycles. The molecule has 3 amide bonds. The Morgan fingerprint density at radius 3 is 1.77 bits per heavy atom. The van der Waals surface area contributed by atoms with Crippen molar-refractivity contribution in [2.75, 3.05) is 54.9 Å². The van der Waals surface area contributed by atoms with Crippen LogP contribution in [0.15, 0.2) is 72.8 Å². The monoisotopic (exact) mass is 528 g/mol. The fraction of sp³-hybridized carbons (Fsp3) is 0.300. The number of morpholine rings is 1. The van der Waals surface area contributed by atoms with Crippen molar-refractivity contribution in [2.24, 2.45) is 0 Å². The summed E-state index contributed by atoms with van der Waals surface area (Å²) >= 11 is 0. The molecule has 9 heteroatoms. The topological polar surface area (TPSA) is 111 Å². The summed E-state index contributed by atoms with van der Waals surface area (Å²) in [4.78, 5) is 41.9. The molecule has 0 spiro atoms. The van der Waals surface area contributed by atoms with E-state index >= 15 is 0 Å². The molecule has 2 aliphatic heterocycles. The number of urea groups is 1. The van der Waals surface area contributed by atoms with Gasteiger partial charge in [-0.3, -0.25) is 9.59 Å². The Balaban J connectivity index is 1.15. The van der Waals surface area contributed by atoms with Crippen LogP contribution >= 0.6 is 0 Å². The first-order valence-corrected chi connectivity index (χ1v) is 13.2. The minimum atomic E-state index is -0.232. The average molecular weight is 529 g/mol. The zero-order valence-electron chi connectivity index (χ0n) is 21.6. The lowest BCUT2D eigenvalue weighted by molar-refractivity contribution is 0.0564. The molecule has 0 radical (unpaired) electrons. The predicted octanol–water partition coefficient (Wildman–Crippen LogP) is 4.00. The summed E-state index contributed by atoms with van der Waals surface area (Å²) in [5, 5.41) is 15.4. The first kappa shape index (κ1) is 26.4. The fourth-order valence-electron chi connectivity index (χ4n) is 4.70. The van der Waals surface area contributed by atoms with Crippen molar-refractivity contribution in [1.82, 2.24) is 4.90 Å². The number of hydrogen-bond acceptors (Lipinski definition) is 6. The Labute approximate surface area is 227 Å². The highest BCUT2D eigenvalue weighted by Crippen LogP contribution is 2.22. The van der Waals surface area contributed by atoms with Gasteiger partial charge in [0.15, 0.2) is 5.78 Å². The van der Waals surface area contributed by atoms with Gasteiger partial charge in [-0.1, -0.05) is 0 Å². The number of ketones is 1. The highest BCUT2D eigenvalue weighted by molar-refractivity contribution is 6.10. The minimum Gasteiger partial charge on any atom is -0.393 e. The first-order valence-electron chi connectivity index (χ1n) is 13.2. The molecule has 2 aliphatic rings. The number of anilines is 3. The maximum absolute atomic E-state index is 12.9. The number of carbonyl (C=O) groups is 3. The Hall–Kier alpha value is -4.21. The van der Waals surface area contributed by atoms with Crippen molar-refractivity contribution in [3.05, 3.63) is 89.5 Å². The fourth-order valence-corrected chi connectivity index (χ4v) is 4.70. The number of aliphatic hydroxyl groups excluding tert-OH is 1. The Morgan fingerprint density at radius 1 is 0.692 bits per heavy atom. The number of benzene rings is 3. The number of carbonyl (C=O) groups excluding carboxylic acids is 3. The maximum atomic E-state index is 12.9. The number of rotatable bonds is 6. The van der Waals surface area contributed by atoms with E-state index in [1.54, 1.807) is 65.6 Å². The van der Waals surface area contributed by atoms with Crippen LogP contribution in [0.4, 0.5) is 21.9 Å². The molecule has 5 rings (SSSR count). The van der Waals surface area contributed by atoms with Crippen molar-refractivity contribution in [3.8, 4) is 0 Å². The van der Waals surface area contributed by atoms with Gasteiger partial charge < -0.3 is 30.3 Å². The first-order chi connectivity index (χ1) is 19.0. The van der Waals surface area contributed by atoms with E-state index in [1.807, 2.05) is 12.1 Å². The summed E-state index contributed by atoms with van der Waals surface area (Å²) in [6, 6.07) is 20.8. The third-order valence-corrected chi connectivity index (χ3v) is 7.06. The molecule has 9 nitrogen and oxygen atoms in total. The van der Waals surface area contributed by atoms with Crippen LogP contribution in [0.5, 0.6) is 0 Å². The molecule has 0 unspecified atom stereocenters. The van der Waals surface area contributed by atoms with Crippen molar-refractivity contribution in [3.63, 3.8) is 0 Å². The van der Waals surface area contributed by atoms with Gasteiger partial charge in [0.2, 0.25) is 0 Å². The van der Waals surface area contributed by atoms with Crippen LogP contribution in [0, 0.1) is 0 Å². The van der Waals surface area contributed by atoms with Crippen LogP contribution in [0.25, 0.3) is 0 Å². The molecule has 39 heavy (non-hydrogen) atoms. The van der Waals surface area contributed by atoms with Gasteiger partial charge in [0, 0.05) is 59.9 Å². The molecule has 202 valence electrons. The van der Waals surface area contributed by atoms with Crippen molar-refractivity contribution >= 4 is 34.8 Å². The van der Waals surface area contributed by atoms with Gasteiger partial charge in [0.25, 0.3) is 5.91 Å². The number of nitrogens with zero attached hydrogens (tertiary/aromatic N) is 2. The van der Waals surface area contributed by atoms with Crippen LogP contribution < -0.4 is 15.5 Å². The van der Waals surface area contributed by atoms with Crippen LogP contribution in [0.1, 0.15) is 39.1 Å². The maximum Gasteiger partial charge on any atom is 0.321 e. The number of hydrogen-bond donors (Lipinski definition) is 3. The Kier molecular flexibility index (Phi) is 8.19. The van der Waals surface area contributed by atoms with Crippen molar-refractivity contribution in [1.29, 1.82) is 0 Å². The van der Waals surface area contributed by atoms with E-state index in [0.29, 0.717) is 54.4 Å². The average Bonchev–Trinajstić information content (AvgIpc) is 2.98. The molecule has 3 aromatic carbocycles. The van der Waals surface area contributed by atoms with Crippen LogP contribution in [0.3, 0.4) is 0 Å². The Bertz CT molecular complexity index is 1290. The standard InChI is InChI=1S/C30H32N4O5/c35-27-13-15-33(16-14-27)26-11-5-23(6-12-26)29(37)31-24-7-1-21(2-8-24)28(36)22-3-9-25(10-4-22)32-30(38)34-17-19-39-20-18-34/h1-12,27,35H,13-20H2,(H,31,37)(H,32,38). The molecule has 2 fully saturated rings. The molecule has 2 heterocycles. The lowest BCUT2D eigenvalue weighted by Crippen LogP contribution is -2.43. The molecule has 3 aromatic rings. The second-order valence-corrected chi connectivity index (χ2v) is 9.73. The van der Waals surface area contributed by atoms with E-state index in [0.717, 1.165) is 31.6 Å². The zero-order chi connectivity index (χ0) is 27.2. The van der Waals surface area contributed by atoms with Gasteiger partial charge in [-0.15, -0.1) is 0 Å². The van der Waals surface area contributed by atoms with E-state index < -0.39 is 0 Å². The minimum absolute atomic E-state index is 0.153. The molecular formula is C30H32N4O5. The highest BCUT2D eigenvalue weighted by Gasteiger charge is 2.19. The summed E-state index contributed by atoms with van der Waals surface area (Å²) in [7, 11) is 0. The second kappa shape index (κ2) is 12.1.